The monoisotopic (exact) mass is 394 g/mol. The van der Waals surface area contributed by atoms with Gasteiger partial charge in [0, 0.05) is 17.5 Å². The summed E-state index contributed by atoms with van der Waals surface area (Å²) in [6.07, 6.45) is -0.129. The largest absolute Gasteiger partial charge is 0.325 e. The Bertz CT molecular complexity index is 1080. The number of nitrogens with zero attached hydrogens (tertiary/aromatic N) is 1. The molecule has 0 bridgehead atoms. The summed E-state index contributed by atoms with van der Waals surface area (Å²) in [7, 11) is 0. The Morgan fingerprint density at radius 1 is 1.00 bits per heavy atom. The molecule has 3 aromatic rings. The number of halogens is 1. The Hall–Kier alpha value is -3.19. The van der Waals surface area contributed by atoms with Crippen molar-refractivity contribution in [2.45, 2.75) is 11.7 Å². The molecule has 4 rings (SSSR count). The number of carbonyl (C=O) groups excluding carboxylic acids is 3. The van der Waals surface area contributed by atoms with Crippen LogP contribution in [0.1, 0.15) is 6.42 Å². The Morgan fingerprint density at radius 3 is 2.50 bits per heavy atom. The highest BCUT2D eigenvalue weighted by molar-refractivity contribution is 8.15. The summed E-state index contributed by atoms with van der Waals surface area (Å²) >= 11 is 0.806. The van der Waals surface area contributed by atoms with Crippen LogP contribution in [0.15, 0.2) is 66.7 Å². The highest BCUT2D eigenvalue weighted by atomic mass is 32.2. The summed E-state index contributed by atoms with van der Waals surface area (Å²) in [5.41, 5.74) is 0.945. The van der Waals surface area contributed by atoms with Crippen molar-refractivity contribution in [3.63, 3.8) is 0 Å². The van der Waals surface area contributed by atoms with Crippen molar-refractivity contribution < 1.29 is 18.8 Å². The van der Waals surface area contributed by atoms with Crippen molar-refractivity contribution in [3.8, 4) is 0 Å². The van der Waals surface area contributed by atoms with Crippen LogP contribution in [0, 0.1) is 5.82 Å². The van der Waals surface area contributed by atoms with Crippen LogP contribution in [0.3, 0.4) is 0 Å². The van der Waals surface area contributed by atoms with Crippen LogP contribution in [0.2, 0.25) is 0 Å². The van der Waals surface area contributed by atoms with E-state index in [1.54, 1.807) is 6.07 Å². The standard InChI is InChI=1S/C21H15FN2O3S/c22-14-8-10-15(11-9-14)24-20(26)18(28-21(24)27)12-19(25)23-17-7-3-5-13-4-1-2-6-16(13)17/h1-11,18H,12H2,(H,23,25)/t18-/m0/s1. The lowest BCUT2D eigenvalue weighted by Gasteiger charge is -2.14. The van der Waals surface area contributed by atoms with Crippen molar-refractivity contribution in [3.05, 3.63) is 72.5 Å². The second-order valence-electron chi connectivity index (χ2n) is 6.30. The van der Waals surface area contributed by atoms with Gasteiger partial charge in [0.15, 0.2) is 0 Å². The molecule has 1 fully saturated rings. The minimum absolute atomic E-state index is 0.129. The van der Waals surface area contributed by atoms with Crippen LogP contribution in [-0.2, 0) is 9.59 Å². The number of thioether (sulfide) groups is 1. The molecule has 1 heterocycles. The minimum Gasteiger partial charge on any atom is -0.325 e. The molecular formula is C21H15FN2O3S. The third-order valence-corrected chi connectivity index (χ3v) is 5.48. The molecule has 7 heteroatoms. The lowest BCUT2D eigenvalue weighted by atomic mass is 10.1. The molecule has 28 heavy (non-hydrogen) atoms. The molecule has 1 N–H and O–H groups in total. The van der Waals surface area contributed by atoms with Gasteiger partial charge in [0.25, 0.3) is 5.24 Å². The molecule has 1 atom stereocenters. The Morgan fingerprint density at radius 2 is 1.71 bits per heavy atom. The summed E-state index contributed by atoms with van der Waals surface area (Å²) in [5.74, 6) is -1.29. The highest BCUT2D eigenvalue weighted by Gasteiger charge is 2.41. The quantitative estimate of drug-likeness (QED) is 0.704. The number of nitrogens with one attached hydrogen (secondary N) is 1. The van der Waals surface area contributed by atoms with Crippen LogP contribution in [0.4, 0.5) is 20.6 Å². The van der Waals surface area contributed by atoms with Gasteiger partial charge in [-0.15, -0.1) is 0 Å². The van der Waals surface area contributed by atoms with Crippen LogP contribution in [0.5, 0.6) is 0 Å². The Balaban J connectivity index is 1.48. The number of amides is 3. The summed E-state index contributed by atoms with van der Waals surface area (Å²) in [6.45, 7) is 0. The van der Waals surface area contributed by atoms with E-state index in [2.05, 4.69) is 5.32 Å². The molecule has 0 radical (unpaired) electrons. The number of imide groups is 1. The van der Waals surface area contributed by atoms with Gasteiger partial charge in [0.2, 0.25) is 11.8 Å². The first kappa shape index (κ1) is 18.2. The molecule has 1 aliphatic rings. The smallest absolute Gasteiger partial charge is 0.293 e. The third-order valence-electron chi connectivity index (χ3n) is 4.44. The topological polar surface area (TPSA) is 66.5 Å². The first-order chi connectivity index (χ1) is 13.5. The van der Waals surface area contributed by atoms with E-state index in [0.717, 1.165) is 27.4 Å². The minimum atomic E-state index is -0.812. The van der Waals surface area contributed by atoms with Crippen LogP contribution >= 0.6 is 11.8 Å². The number of benzene rings is 3. The Labute approximate surface area is 164 Å². The Kier molecular flexibility index (Phi) is 4.83. The molecule has 3 amide bonds. The van der Waals surface area contributed by atoms with Gasteiger partial charge < -0.3 is 5.32 Å². The second-order valence-corrected chi connectivity index (χ2v) is 7.46. The molecule has 0 unspecified atom stereocenters. The zero-order valence-corrected chi connectivity index (χ0v) is 15.4. The van der Waals surface area contributed by atoms with Crippen LogP contribution < -0.4 is 10.2 Å². The average molecular weight is 394 g/mol. The van der Waals surface area contributed by atoms with Crippen molar-refractivity contribution in [2.75, 3.05) is 10.2 Å². The maximum atomic E-state index is 13.1. The number of fused-ring (bicyclic) bond motifs is 1. The lowest BCUT2D eigenvalue weighted by Crippen LogP contribution is -2.32. The first-order valence-electron chi connectivity index (χ1n) is 8.61. The highest BCUT2D eigenvalue weighted by Crippen LogP contribution is 2.34. The molecule has 140 valence electrons. The maximum absolute atomic E-state index is 13.1. The van der Waals surface area contributed by atoms with Gasteiger partial charge in [-0.05, 0) is 47.5 Å². The fourth-order valence-corrected chi connectivity index (χ4v) is 4.10. The van der Waals surface area contributed by atoms with Crippen molar-refractivity contribution in [1.82, 2.24) is 0 Å². The predicted octanol–water partition coefficient (Wildman–Crippen LogP) is 4.58. The zero-order valence-electron chi connectivity index (χ0n) is 14.6. The zero-order chi connectivity index (χ0) is 19.7. The number of hydrogen-bond acceptors (Lipinski definition) is 4. The maximum Gasteiger partial charge on any atom is 0.293 e. The van der Waals surface area contributed by atoms with E-state index in [4.69, 9.17) is 0 Å². The molecular weight excluding hydrogens is 379 g/mol. The fraction of sp³-hybridized carbons (Fsp3) is 0.0952. The fourth-order valence-electron chi connectivity index (χ4n) is 3.11. The van der Waals surface area contributed by atoms with E-state index in [1.165, 1.54) is 24.3 Å². The second kappa shape index (κ2) is 7.44. The van der Waals surface area contributed by atoms with Gasteiger partial charge in [-0.3, -0.25) is 14.4 Å². The summed E-state index contributed by atoms with van der Waals surface area (Å²) in [4.78, 5) is 38.3. The van der Waals surface area contributed by atoms with Gasteiger partial charge in [-0.25, -0.2) is 9.29 Å². The van der Waals surface area contributed by atoms with Crippen molar-refractivity contribution in [2.24, 2.45) is 0 Å². The molecule has 0 saturated carbocycles. The number of hydrogen-bond donors (Lipinski definition) is 1. The van der Waals surface area contributed by atoms with Gasteiger partial charge in [0.05, 0.1) is 5.69 Å². The summed E-state index contributed by atoms with van der Waals surface area (Å²) < 4.78 is 13.1. The number of anilines is 2. The van der Waals surface area contributed by atoms with Gasteiger partial charge in [0.1, 0.15) is 11.1 Å². The lowest BCUT2D eigenvalue weighted by molar-refractivity contribution is -0.121. The summed E-state index contributed by atoms with van der Waals surface area (Å²) in [5, 5.41) is 3.43. The molecule has 3 aromatic carbocycles. The van der Waals surface area contributed by atoms with Crippen LogP contribution in [-0.4, -0.2) is 22.3 Å². The van der Waals surface area contributed by atoms with E-state index in [9.17, 15) is 18.8 Å². The molecule has 0 spiro atoms. The third kappa shape index (κ3) is 3.48. The summed E-state index contributed by atoms with van der Waals surface area (Å²) in [6, 6.07) is 18.3. The number of rotatable bonds is 4. The van der Waals surface area contributed by atoms with Gasteiger partial charge >= 0.3 is 0 Å². The molecule has 0 aliphatic carbocycles. The van der Waals surface area contributed by atoms with Crippen molar-refractivity contribution >= 4 is 51.0 Å². The normalized spacial score (nSPS) is 16.6. The van der Waals surface area contributed by atoms with Gasteiger partial charge in [-0.2, -0.15) is 0 Å². The van der Waals surface area contributed by atoms with Crippen molar-refractivity contribution in [1.29, 1.82) is 0 Å². The molecule has 5 nitrogen and oxygen atoms in total. The van der Waals surface area contributed by atoms with E-state index < -0.39 is 22.2 Å². The van der Waals surface area contributed by atoms with Gasteiger partial charge in [-0.1, -0.05) is 36.4 Å². The number of carbonyl (C=O) groups is 3. The van der Waals surface area contributed by atoms with Crippen LogP contribution in [0.25, 0.3) is 10.8 Å². The van der Waals surface area contributed by atoms with E-state index >= 15 is 0 Å². The molecule has 0 aromatic heterocycles. The predicted molar refractivity (Wildman–Crippen MR) is 108 cm³/mol. The van der Waals surface area contributed by atoms with E-state index in [-0.39, 0.29) is 12.3 Å². The first-order valence-corrected chi connectivity index (χ1v) is 9.48. The SMILES string of the molecule is O=C(C[C@@H]1SC(=O)N(c2ccc(F)cc2)C1=O)Nc1cccc2ccccc12. The average Bonchev–Trinajstić information content (AvgIpc) is 2.96. The molecule has 1 saturated heterocycles. The van der Waals surface area contributed by atoms with E-state index in [0.29, 0.717) is 11.4 Å². The van der Waals surface area contributed by atoms with E-state index in [1.807, 2.05) is 36.4 Å². The molecule has 1 aliphatic heterocycles.